The van der Waals surface area contributed by atoms with Crippen LogP contribution in [0.1, 0.15) is 438 Å². The average Bonchev–Trinajstić information content (AvgIpc) is 1.69. The summed E-state index contributed by atoms with van der Waals surface area (Å²) < 4.78 is 45.4. The van der Waals surface area contributed by atoms with E-state index in [2.05, 4.69) is 93.7 Å². The largest absolute Gasteiger partial charge is 0.490 e. The van der Waals surface area contributed by atoms with E-state index in [0.717, 1.165) is 84.1 Å². The minimum Gasteiger partial charge on any atom is -0.490 e. The van der Waals surface area contributed by atoms with E-state index in [9.17, 15) is 0 Å². The Kier molecular flexibility index (Phi) is 60.5. The van der Waals surface area contributed by atoms with Gasteiger partial charge in [0.25, 0.3) is 0 Å². The third-order valence-corrected chi connectivity index (χ3v) is 20.1. The molecule has 0 N–H and O–H groups in total. The second-order valence-electron chi connectivity index (χ2n) is 29.7. The average molecular weight is 1350 g/mol. The molecule has 0 saturated carbocycles. The van der Waals surface area contributed by atoms with Crippen LogP contribution < -0.4 is 33.0 Å². The van der Waals surface area contributed by atoms with Crippen LogP contribution in [0.4, 0.5) is 0 Å². The molecule has 3 aromatic rings. The molecule has 97 heavy (non-hydrogen) atoms. The van der Waals surface area contributed by atoms with Crippen molar-refractivity contribution in [3.63, 3.8) is 0 Å². The molecule has 8 nitrogen and oxygen atoms in total. The quantitative estimate of drug-likeness (QED) is 0.0319. The van der Waals surface area contributed by atoms with Crippen molar-refractivity contribution in [1.29, 1.82) is 0 Å². The number of unbranched alkanes of at least 4 members (excludes halogenated alkanes) is 54. The highest BCUT2D eigenvalue weighted by Crippen LogP contribution is 2.42. The Balaban J connectivity index is 1.90. The number of aromatic nitrogens is 2. The number of imidazole rings is 1. The molecule has 3 rings (SSSR count). The summed E-state index contributed by atoms with van der Waals surface area (Å²) in [5.41, 5.74) is 2.27. The summed E-state index contributed by atoms with van der Waals surface area (Å²) in [6.45, 7) is 19.2. The fourth-order valence-corrected chi connectivity index (χ4v) is 13.7. The van der Waals surface area contributed by atoms with Crippen LogP contribution in [0, 0.1) is 6.33 Å². The van der Waals surface area contributed by atoms with Crippen molar-refractivity contribution in [3.8, 4) is 34.5 Å². The highest BCUT2D eigenvalue weighted by atomic mass is 16.5. The van der Waals surface area contributed by atoms with Crippen LogP contribution in [0.25, 0.3) is 0 Å². The lowest BCUT2D eigenvalue weighted by Gasteiger charge is -2.19. The van der Waals surface area contributed by atoms with Crippen molar-refractivity contribution in [3.05, 3.63) is 54.1 Å². The first-order chi connectivity index (χ1) is 48.1. The lowest BCUT2D eigenvalue weighted by Crippen LogP contribution is -2.32. The predicted octanol–water partition coefficient (Wildman–Crippen LogP) is 28.5. The molecule has 0 radical (unpaired) electrons. The molecule has 0 amide bonds. The smallest absolute Gasteiger partial charge is 0.204 e. The van der Waals surface area contributed by atoms with Gasteiger partial charge in [0.05, 0.1) is 52.7 Å². The standard InChI is InChI=1S/C89H160N2O6/c1-7-13-19-25-31-37-43-49-55-61-69-92-84-75-82(76-85(93-70-62-56-50-44-38-32-26-20-14-8-2)88(84)96-73-65-59-53-47-41-35-29-23-17-11-5)79-90-67-68-91(81-90)80-83-77-86(94-71-63-57-51-45-39-33-27-21-15-9-3)89(97-74-66-60-54-48-42-36-30-24-18-12-6)87(78-83)95-72-64-58-52-46-40-34-28-22-16-10-4/h67-68,75-78H,7-66,69-74,79-80H2,1-6H3. The first-order valence-electron chi connectivity index (χ1n) is 43.1. The van der Waals surface area contributed by atoms with Gasteiger partial charge in [0, 0.05) is 0 Å². The lowest BCUT2D eigenvalue weighted by molar-refractivity contribution is -0.692. The number of nitrogens with zero attached hydrogens (tertiary/aromatic N) is 2. The maximum Gasteiger partial charge on any atom is 0.204 e. The van der Waals surface area contributed by atoms with Gasteiger partial charge in [-0.05, 0) is 86.3 Å². The molecule has 0 saturated heterocycles. The van der Waals surface area contributed by atoms with E-state index in [-0.39, 0.29) is 0 Å². The van der Waals surface area contributed by atoms with Crippen molar-refractivity contribution in [1.82, 2.24) is 4.57 Å². The predicted molar refractivity (Wildman–Crippen MR) is 419 cm³/mol. The van der Waals surface area contributed by atoms with Crippen molar-refractivity contribution >= 4 is 0 Å². The molecular weight excluding hydrogens is 1190 g/mol. The molecule has 0 aliphatic carbocycles. The SMILES string of the molecule is CCCCCCCCCCCCOc1cc(Cn2[c-][n+](Cc3cc(OCCCCCCCCCCCC)c(OCCCCCCCCCCCC)c(OCCCCCCCCCCCC)c3)cc2)cc(OCCCCCCCCCCCC)c1OCCCCCCCCCCCC. The Morgan fingerprint density at radius 1 is 0.247 bits per heavy atom. The Morgan fingerprint density at radius 3 is 0.670 bits per heavy atom. The maximum absolute atomic E-state index is 6.85. The van der Waals surface area contributed by atoms with Crippen LogP contribution in [-0.2, 0) is 13.1 Å². The van der Waals surface area contributed by atoms with Crippen LogP contribution in [0.5, 0.6) is 34.5 Å². The molecule has 0 unspecified atom stereocenters. The van der Waals surface area contributed by atoms with Crippen LogP contribution in [0.3, 0.4) is 0 Å². The fourth-order valence-electron chi connectivity index (χ4n) is 13.7. The van der Waals surface area contributed by atoms with Gasteiger partial charge < -0.3 is 37.6 Å². The minimum absolute atomic E-state index is 0.640. The van der Waals surface area contributed by atoms with E-state index in [1.165, 1.54) is 347 Å². The first kappa shape index (κ1) is 87.7. The fraction of sp³-hybridized carbons (Fsp3) is 0.831. The number of hydrogen-bond acceptors (Lipinski definition) is 6. The first-order valence-corrected chi connectivity index (χ1v) is 43.1. The van der Waals surface area contributed by atoms with Gasteiger partial charge >= 0.3 is 0 Å². The summed E-state index contributed by atoms with van der Waals surface area (Å²) in [6, 6.07) is 8.95. The summed E-state index contributed by atoms with van der Waals surface area (Å²) >= 11 is 0. The molecule has 0 aliphatic heterocycles. The monoisotopic (exact) mass is 1350 g/mol. The molecule has 1 aromatic heterocycles. The van der Waals surface area contributed by atoms with E-state index in [1.807, 2.05) is 0 Å². The highest BCUT2D eigenvalue weighted by molar-refractivity contribution is 5.55. The number of rotatable bonds is 76. The van der Waals surface area contributed by atoms with Crippen LogP contribution >= 0.6 is 0 Å². The molecule has 8 heteroatoms. The number of benzene rings is 2. The third kappa shape index (κ3) is 49.6. The molecule has 0 atom stereocenters. The van der Waals surface area contributed by atoms with E-state index in [1.54, 1.807) is 0 Å². The summed E-state index contributed by atoms with van der Waals surface area (Å²) in [5, 5.41) is 0. The summed E-state index contributed by atoms with van der Waals surface area (Å²) in [5.74, 6) is 4.88. The topological polar surface area (TPSA) is 64.2 Å². The van der Waals surface area contributed by atoms with Gasteiger partial charge in [-0.25, -0.2) is 0 Å². The van der Waals surface area contributed by atoms with E-state index in [0.29, 0.717) is 52.7 Å². The van der Waals surface area contributed by atoms with Crippen LogP contribution in [0.15, 0.2) is 36.7 Å². The molecule has 0 fully saturated rings. The normalized spacial score (nSPS) is 11.5. The van der Waals surface area contributed by atoms with Crippen LogP contribution in [0.2, 0.25) is 0 Å². The van der Waals surface area contributed by atoms with Gasteiger partial charge in [-0.15, -0.1) is 0 Å². The van der Waals surface area contributed by atoms with Crippen molar-refractivity contribution in [2.45, 2.75) is 440 Å². The third-order valence-electron chi connectivity index (χ3n) is 20.1. The van der Waals surface area contributed by atoms with Crippen molar-refractivity contribution < 1.29 is 33.0 Å². The van der Waals surface area contributed by atoms with Crippen molar-refractivity contribution in [2.24, 2.45) is 0 Å². The number of ether oxygens (including phenoxy) is 6. The summed E-state index contributed by atoms with van der Waals surface area (Å²) in [7, 11) is 0. The highest BCUT2D eigenvalue weighted by Gasteiger charge is 2.20. The zero-order valence-electron chi connectivity index (χ0n) is 65.4. The Hall–Kier alpha value is -3.55. The summed E-state index contributed by atoms with van der Waals surface area (Å²) in [6.07, 6.45) is 86.1. The molecule has 562 valence electrons. The van der Waals surface area contributed by atoms with Gasteiger partial charge in [-0.1, -0.05) is 388 Å². The van der Waals surface area contributed by atoms with Gasteiger partial charge in [0.2, 0.25) is 17.8 Å². The van der Waals surface area contributed by atoms with Crippen molar-refractivity contribution in [2.75, 3.05) is 39.6 Å². The lowest BCUT2D eigenvalue weighted by atomic mass is 10.1. The van der Waals surface area contributed by atoms with E-state index < -0.39 is 0 Å². The van der Waals surface area contributed by atoms with Gasteiger partial charge in [-0.3, -0.25) is 0 Å². The van der Waals surface area contributed by atoms with E-state index in [4.69, 9.17) is 28.4 Å². The Labute approximate surface area is 602 Å². The number of hydrogen-bond donors (Lipinski definition) is 0. The molecule has 0 bridgehead atoms. The molecule has 1 heterocycles. The minimum atomic E-state index is 0.640. The Bertz CT molecular complexity index is 1900. The summed E-state index contributed by atoms with van der Waals surface area (Å²) in [4.78, 5) is 0. The molecular formula is C89H160N2O6. The Morgan fingerprint density at radius 2 is 0.443 bits per heavy atom. The molecule has 0 aliphatic rings. The zero-order valence-corrected chi connectivity index (χ0v) is 65.4. The second-order valence-corrected chi connectivity index (χ2v) is 29.7. The van der Waals surface area contributed by atoms with Gasteiger partial charge in [-0.2, -0.15) is 0 Å². The molecule has 0 spiro atoms. The maximum atomic E-state index is 6.85. The van der Waals surface area contributed by atoms with Crippen LogP contribution in [-0.4, -0.2) is 44.2 Å². The molecule has 2 aromatic carbocycles. The zero-order chi connectivity index (χ0) is 69.0. The van der Waals surface area contributed by atoms with Gasteiger partial charge in [0.15, 0.2) is 23.0 Å². The van der Waals surface area contributed by atoms with E-state index >= 15 is 0 Å². The van der Waals surface area contributed by atoms with Gasteiger partial charge in [0.1, 0.15) is 0 Å². The second kappa shape index (κ2) is 67.0.